The van der Waals surface area contributed by atoms with Crippen molar-refractivity contribution in [2.75, 3.05) is 5.32 Å². The van der Waals surface area contributed by atoms with Gasteiger partial charge in [0.2, 0.25) is 5.91 Å². The number of rotatable bonds is 4. The number of anilines is 1. The SMILES string of the molecule is CC(=O)NCc1cc(C(=O)Nc2cccc3cc(C)[nH]c23)ccn1. The molecule has 0 bridgehead atoms. The second-order valence-electron chi connectivity index (χ2n) is 5.62. The summed E-state index contributed by atoms with van der Waals surface area (Å²) in [5.74, 6) is -0.360. The second-order valence-corrected chi connectivity index (χ2v) is 5.62. The van der Waals surface area contributed by atoms with Gasteiger partial charge < -0.3 is 15.6 Å². The number of amides is 2. The van der Waals surface area contributed by atoms with E-state index in [4.69, 9.17) is 0 Å². The third kappa shape index (κ3) is 3.43. The van der Waals surface area contributed by atoms with Crippen molar-refractivity contribution in [2.24, 2.45) is 0 Å². The number of benzene rings is 1. The zero-order valence-corrected chi connectivity index (χ0v) is 13.5. The average Bonchev–Trinajstić information content (AvgIpc) is 2.94. The van der Waals surface area contributed by atoms with Gasteiger partial charge in [-0.25, -0.2) is 0 Å². The first-order valence-corrected chi connectivity index (χ1v) is 7.62. The van der Waals surface area contributed by atoms with E-state index in [-0.39, 0.29) is 11.8 Å². The summed E-state index contributed by atoms with van der Waals surface area (Å²) in [5.41, 5.74) is 3.78. The number of hydrogen-bond donors (Lipinski definition) is 3. The van der Waals surface area contributed by atoms with Gasteiger partial charge in [-0.2, -0.15) is 0 Å². The van der Waals surface area contributed by atoms with Crippen LogP contribution in [0.1, 0.15) is 28.7 Å². The van der Waals surface area contributed by atoms with E-state index in [0.717, 1.165) is 22.3 Å². The molecule has 0 aliphatic rings. The van der Waals surface area contributed by atoms with Gasteiger partial charge >= 0.3 is 0 Å². The van der Waals surface area contributed by atoms with E-state index in [1.807, 2.05) is 31.2 Å². The highest BCUT2D eigenvalue weighted by Gasteiger charge is 2.10. The molecule has 1 aromatic carbocycles. The van der Waals surface area contributed by atoms with Gasteiger partial charge in [0.25, 0.3) is 5.91 Å². The predicted molar refractivity (Wildman–Crippen MR) is 92.7 cm³/mol. The molecule has 0 fully saturated rings. The third-order valence-corrected chi connectivity index (χ3v) is 3.64. The Hall–Kier alpha value is -3.15. The largest absolute Gasteiger partial charge is 0.357 e. The number of fused-ring (bicyclic) bond motifs is 1. The first-order chi connectivity index (χ1) is 11.5. The molecule has 122 valence electrons. The van der Waals surface area contributed by atoms with Crippen molar-refractivity contribution in [1.29, 1.82) is 0 Å². The Labute approximate surface area is 139 Å². The standard InChI is InChI=1S/C18H18N4O2/c1-11-8-13-4-3-5-16(17(13)21-11)22-18(24)14-6-7-19-15(9-14)10-20-12(2)23/h3-9,21H,10H2,1-2H3,(H,20,23)(H,22,24). The highest BCUT2D eigenvalue weighted by Crippen LogP contribution is 2.24. The van der Waals surface area contributed by atoms with Crippen molar-refractivity contribution in [2.45, 2.75) is 20.4 Å². The first kappa shape index (κ1) is 15.7. The van der Waals surface area contributed by atoms with Crippen molar-refractivity contribution in [3.8, 4) is 0 Å². The van der Waals surface area contributed by atoms with Crippen LogP contribution in [0.3, 0.4) is 0 Å². The number of para-hydroxylation sites is 1. The molecule has 3 N–H and O–H groups in total. The average molecular weight is 322 g/mol. The molecule has 2 aromatic heterocycles. The number of carbonyl (C=O) groups excluding carboxylic acids is 2. The number of H-pyrrole nitrogens is 1. The Bertz CT molecular complexity index is 914. The van der Waals surface area contributed by atoms with Gasteiger partial charge in [-0.3, -0.25) is 14.6 Å². The van der Waals surface area contributed by atoms with Gasteiger partial charge in [-0.05, 0) is 31.2 Å². The van der Waals surface area contributed by atoms with Crippen molar-refractivity contribution in [1.82, 2.24) is 15.3 Å². The molecule has 0 unspecified atom stereocenters. The van der Waals surface area contributed by atoms with Crippen LogP contribution in [0.15, 0.2) is 42.6 Å². The van der Waals surface area contributed by atoms with E-state index >= 15 is 0 Å². The maximum absolute atomic E-state index is 12.5. The number of aromatic amines is 1. The molecule has 0 atom stereocenters. The highest BCUT2D eigenvalue weighted by atomic mass is 16.2. The zero-order valence-electron chi connectivity index (χ0n) is 13.5. The molecule has 3 aromatic rings. The molecule has 0 spiro atoms. The fourth-order valence-electron chi connectivity index (χ4n) is 2.53. The summed E-state index contributed by atoms with van der Waals surface area (Å²) in [6.07, 6.45) is 1.56. The van der Waals surface area contributed by atoms with Gasteiger partial charge in [-0.1, -0.05) is 12.1 Å². The molecule has 0 aliphatic carbocycles. The van der Waals surface area contributed by atoms with E-state index in [2.05, 4.69) is 20.6 Å². The minimum atomic E-state index is -0.221. The Morgan fingerprint density at radius 1 is 1.21 bits per heavy atom. The predicted octanol–water partition coefficient (Wildman–Crippen LogP) is 2.76. The Kier molecular flexibility index (Phi) is 4.29. The summed E-state index contributed by atoms with van der Waals surface area (Å²) in [6.45, 7) is 3.71. The Morgan fingerprint density at radius 2 is 2.04 bits per heavy atom. The lowest BCUT2D eigenvalue weighted by atomic mass is 10.2. The normalized spacial score (nSPS) is 10.6. The number of hydrogen-bond acceptors (Lipinski definition) is 3. The Balaban J connectivity index is 1.81. The smallest absolute Gasteiger partial charge is 0.255 e. The van der Waals surface area contributed by atoms with Gasteiger partial charge in [0, 0.05) is 29.8 Å². The lowest BCUT2D eigenvalue weighted by Crippen LogP contribution is -2.20. The molecule has 24 heavy (non-hydrogen) atoms. The highest BCUT2D eigenvalue weighted by molar-refractivity contribution is 6.08. The van der Waals surface area contributed by atoms with Crippen LogP contribution >= 0.6 is 0 Å². The quantitative estimate of drug-likeness (QED) is 0.690. The number of nitrogens with one attached hydrogen (secondary N) is 3. The topological polar surface area (TPSA) is 86.9 Å². The second kappa shape index (κ2) is 6.54. The van der Waals surface area contributed by atoms with Crippen LogP contribution in [0.5, 0.6) is 0 Å². The molecule has 2 heterocycles. The van der Waals surface area contributed by atoms with E-state index in [9.17, 15) is 9.59 Å². The summed E-state index contributed by atoms with van der Waals surface area (Å²) in [6, 6.07) is 11.1. The minimum Gasteiger partial charge on any atom is -0.357 e. The first-order valence-electron chi connectivity index (χ1n) is 7.62. The number of nitrogens with zero attached hydrogens (tertiary/aromatic N) is 1. The summed E-state index contributed by atoms with van der Waals surface area (Å²) >= 11 is 0. The zero-order chi connectivity index (χ0) is 17.1. The fourth-order valence-corrected chi connectivity index (χ4v) is 2.53. The molecule has 6 heteroatoms. The third-order valence-electron chi connectivity index (χ3n) is 3.64. The summed E-state index contributed by atoms with van der Waals surface area (Å²) < 4.78 is 0. The van der Waals surface area contributed by atoms with Gasteiger partial charge in [0.15, 0.2) is 0 Å². The molecule has 0 saturated heterocycles. The van der Waals surface area contributed by atoms with Crippen LogP contribution in [-0.2, 0) is 11.3 Å². The molecule has 6 nitrogen and oxygen atoms in total. The number of carbonyl (C=O) groups is 2. The summed E-state index contributed by atoms with van der Waals surface area (Å²) in [5, 5.41) is 6.64. The Morgan fingerprint density at radius 3 is 2.83 bits per heavy atom. The van der Waals surface area contributed by atoms with Gasteiger partial charge in [-0.15, -0.1) is 0 Å². The summed E-state index contributed by atoms with van der Waals surface area (Å²) in [7, 11) is 0. The van der Waals surface area contributed by atoms with Crippen LogP contribution < -0.4 is 10.6 Å². The van der Waals surface area contributed by atoms with Crippen LogP contribution in [0.2, 0.25) is 0 Å². The maximum atomic E-state index is 12.5. The number of pyridine rings is 1. The van der Waals surface area contributed by atoms with Gasteiger partial charge in [0.05, 0.1) is 23.4 Å². The number of aryl methyl sites for hydroxylation is 1. The van der Waals surface area contributed by atoms with E-state index in [0.29, 0.717) is 17.8 Å². The van der Waals surface area contributed by atoms with Crippen LogP contribution in [0, 0.1) is 6.92 Å². The molecule has 2 amide bonds. The molecule has 0 saturated carbocycles. The molecular weight excluding hydrogens is 304 g/mol. The van der Waals surface area contributed by atoms with E-state index < -0.39 is 0 Å². The summed E-state index contributed by atoms with van der Waals surface area (Å²) in [4.78, 5) is 30.9. The van der Waals surface area contributed by atoms with Crippen LogP contribution in [0.25, 0.3) is 10.9 Å². The van der Waals surface area contributed by atoms with E-state index in [1.54, 1.807) is 18.3 Å². The minimum absolute atomic E-state index is 0.138. The van der Waals surface area contributed by atoms with Crippen molar-refractivity contribution in [3.05, 3.63) is 59.5 Å². The molecule has 0 radical (unpaired) electrons. The number of aromatic nitrogens is 2. The van der Waals surface area contributed by atoms with Gasteiger partial charge in [0.1, 0.15) is 0 Å². The lowest BCUT2D eigenvalue weighted by molar-refractivity contribution is -0.119. The van der Waals surface area contributed by atoms with Crippen LogP contribution in [-0.4, -0.2) is 21.8 Å². The van der Waals surface area contributed by atoms with Crippen molar-refractivity contribution in [3.63, 3.8) is 0 Å². The lowest BCUT2D eigenvalue weighted by Gasteiger charge is -2.08. The molecular formula is C18H18N4O2. The molecule has 0 aliphatic heterocycles. The van der Waals surface area contributed by atoms with Crippen molar-refractivity contribution >= 4 is 28.4 Å². The molecule has 3 rings (SSSR count). The van der Waals surface area contributed by atoms with Crippen molar-refractivity contribution < 1.29 is 9.59 Å². The fraction of sp³-hybridized carbons (Fsp3) is 0.167. The van der Waals surface area contributed by atoms with Crippen LogP contribution in [0.4, 0.5) is 5.69 Å². The van der Waals surface area contributed by atoms with E-state index in [1.165, 1.54) is 6.92 Å². The monoisotopic (exact) mass is 322 g/mol. The maximum Gasteiger partial charge on any atom is 0.255 e.